The molecule has 0 unspecified atom stereocenters. The van der Waals surface area contributed by atoms with E-state index in [1.165, 1.54) is 0 Å². The van der Waals surface area contributed by atoms with Gasteiger partial charge in [-0.2, -0.15) is 0 Å². The largest absolute Gasteiger partial charge is 0.383 e. The van der Waals surface area contributed by atoms with Crippen molar-refractivity contribution in [2.45, 2.75) is 5.03 Å². The smallest absolute Gasteiger partial charge is 0.184 e. The molecule has 12 heavy (non-hydrogen) atoms. The van der Waals surface area contributed by atoms with Crippen LogP contribution in [0.4, 0.5) is 5.82 Å². The third-order valence-electron chi connectivity index (χ3n) is 1.50. The molecule has 1 heterocycles. The van der Waals surface area contributed by atoms with E-state index in [1.807, 2.05) is 11.9 Å². The summed E-state index contributed by atoms with van der Waals surface area (Å²) in [4.78, 5) is 1.93. The summed E-state index contributed by atoms with van der Waals surface area (Å²) in [5.41, 5.74) is 0. The Bertz CT molecular complexity index is 239. The van der Waals surface area contributed by atoms with Gasteiger partial charge in [0.15, 0.2) is 5.82 Å². The summed E-state index contributed by atoms with van der Waals surface area (Å²) in [6.45, 7) is 1.44. The van der Waals surface area contributed by atoms with E-state index in [9.17, 15) is 0 Å². The van der Waals surface area contributed by atoms with Crippen molar-refractivity contribution in [3.63, 3.8) is 0 Å². The Labute approximate surface area is 76.5 Å². The highest BCUT2D eigenvalue weighted by Crippen LogP contribution is 2.15. The summed E-state index contributed by atoms with van der Waals surface area (Å²) in [5, 5.41) is 10.8. The minimum Gasteiger partial charge on any atom is -0.383 e. The van der Waals surface area contributed by atoms with Gasteiger partial charge in [-0.3, -0.25) is 0 Å². The number of nitrogens with zero attached hydrogens (tertiary/aromatic N) is 3. The molecule has 0 aliphatic heterocycles. The quantitative estimate of drug-likeness (QED) is 0.662. The van der Waals surface area contributed by atoms with Crippen LogP contribution in [-0.2, 0) is 4.74 Å². The molecule has 1 aromatic rings. The van der Waals surface area contributed by atoms with Crippen molar-refractivity contribution in [2.24, 2.45) is 0 Å². The summed E-state index contributed by atoms with van der Waals surface area (Å²) >= 11 is 4.15. The van der Waals surface area contributed by atoms with E-state index in [2.05, 4.69) is 28.0 Å². The third kappa shape index (κ3) is 2.12. The first-order chi connectivity index (χ1) is 5.75. The lowest BCUT2D eigenvalue weighted by Gasteiger charge is -2.14. The Kier molecular flexibility index (Phi) is 3.36. The molecule has 0 bridgehead atoms. The van der Waals surface area contributed by atoms with Crippen LogP contribution in [0, 0.1) is 0 Å². The maximum Gasteiger partial charge on any atom is 0.184 e. The van der Waals surface area contributed by atoms with Gasteiger partial charge in [0.25, 0.3) is 0 Å². The second-order valence-corrected chi connectivity index (χ2v) is 2.85. The van der Waals surface area contributed by atoms with Gasteiger partial charge in [0.05, 0.1) is 6.61 Å². The highest BCUT2D eigenvalue weighted by molar-refractivity contribution is 7.80. The Hall–Kier alpha value is -0.750. The number of hydrogen-bond acceptors (Lipinski definition) is 5. The van der Waals surface area contributed by atoms with E-state index in [0.717, 1.165) is 12.4 Å². The topological polar surface area (TPSA) is 54.0 Å². The van der Waals surface area contributed by atoms with Crippen LogP contribution in [0.5, 0.6) is 0 Å². The maximum absolute atomic E-state index is 4.93. The summed E-state index contributed by atoms with van der Waals surface area (Å²) in [6, 6.07) is 0. The molecule has 0 amide bonds. The first-order valence-corrected chi connectivity index (χ1v) is 4.00. The molecular formula is C6H12N4OS. The lowest BCUT2D eigenvalue weighted by Crippen LogP contribution is -2.22. The van der Waals surface area contributed by atoms with Crippen molar-refractivity contribution in [3.8, 4) is 0 Å². The number of rotatable bonds is 4. The molecule has 0 atom stereocenters. The number of likely N-dealkylation sites (N-methyl/N-ethyl adjacent to an activating group) is 1. The number of aromatic nitrogens is 3. The molecule has 1 aromatic heterocycles. The number of ether oxygens (including phenoxy) is 1. The molecule has 6 heteroatoms. The summed E-state index contributed by atoms with van der Waals surface area (Å²) in [5.74, 6) is 0.746. The number of thiol groups is 1. The van der Waals surface area contributed by atoms with Crippen LogP contribution in [-0.4, -0.2) is 42.7 Å². The average molecular weight is 188 g/mol. The number of methoxy groups -OCH3 is 1. The predicted molar refractivity (Wildman–Crippen MR) is 48.8 cm³/mol. The van der Waals surface area contributed by atoms with Crippen LogP contribution in [0.15, 0.2) is 5.03 Å². The van der Waals surface area contributed by atoms with Gasteiger partial charge in [-0.1, -0.05) is 5.21 Å². The summed E-state index contributed by atoms with van der Waals surface area (Å²) in [7, 11) is 3.58. The van der Waals surface area contributed by atoms with Crippen molar-refractivity contribution in [3.05, 3.63) is 0 Å². The van der Waals surface area contributed by atoms with E-state index in [0.29, 0.717) is 11.6 Å². The molecular weight excluding hydrogens is 176 g/mol. The normalized spacial score (nSPS) is 10.2. The average Bonchev–Trinajstić information content (AvgIpc) is 2.47. The van der Waals surface area contributed by atoms with Gasteiger partial charge in [-0.25, -0.2) is 5.10 Å². The highest BCUT2D eigenvalue weighted by atomic mass is 32.1. The van der Waals surface area contributed by atoms with Crippen LogP contribution in [0.25, 0.3) is 0 Å². The van der Waals surface area contributed by atoms with Crippen molar-refractivity contribution in [2.75, 3.05) is 32.2 Å². The fourth-order valence-electron chi connectivity index (χ4n) is 0.808. The van der Waals surface area contributed by atoms with Crippen LogP contribution in [0.3, 0.4) is 0 Å². The molecule has 0 aliphatic carbocycles. The molecule has 0 spiro atoms. The molecule has 1 N–H and O–H groups in total. The standard InChI is InChI=1S/C6H12N4OS/c1-10(3-4-11-2)5-6(12)8-9-7-5/h3-4H2,1-2H3,(H2,7,8,9,12). The zero-order valence-corrected chi connectivity index (χ0v) is 8.01. The van der Waals surface area contributed by atoms with E-state index < -0.39 is 0 Å². The fourth-order valence-corrected chi connectivity index (χ4v) is 1.07. The number of H-pyrrole nitrogens is 1. The van der Waals surface area contributed by atoms with Gasteiger partial charge in [0.1, 0.15) is 5.03 Å². The van der Waals surface area contributed by atoms with Gasteiger partial charge < -0.3 is 9.64 Å². The minimum atomic E-state index is 0.663. The predicted octanol–water partition coefficient (Wildman–Crippen LogP) is 0.176. The van der Waals surface area contributed by atoms with E-state index in [4.69, 9.17) is 4.74 Å². The van der Waals surface area contributed by atoms with Crippen LogP contribution >= 0.6 is 12.6 Å². The third-order valence-corrected chi connectivity index (χ3v) is 1.80. The van der Waals surface area contributed by atoms with Gasteiger partial charge in [0.2, 0.25) is 0 Å². The van der Waals surface area contributed by atoms with E-state index >= 15 is 0 Å². The Morgan fingerprint density at radius 3 is 2.92 bits per heavy atom. The van der Waals surface area contributed by atoms with Gasteiger partial charge in [-0.15, -0.1) is 17.7 Å². The Morgan fingerprint density at radius 2 is 2.42 bits per heavy atom. The van der Waals surface area contributed by atoms with Crippen molar-refractivity contribution in [1.82, 2.24) is 15.4 Å². The first kappa shape index (κ1) is 9.34. The van der Waals surface area contributed by atoms with Crippen molar-refractivity contribution >= 4 is 18.4 Å². The molecule has 68 valence electrons. The maximum atomic E-state index is 4.93. The lowest BCUT2D eigenvalue weighted by molar-refractivity contribution is 0.206. The number of hydrogen-bond donors (Lipinski definition) is 2. The van der Waals surface area contributed by atoms with Crippen LogP contribution < -0.4 is 4.90 Å². The first-order valence-electron chi connectivity index (χ1n) is 3.55. The second kappa shape index (κ2) is 4.32. The Morgan fingerprint density at radius 1 is 1.67 bits per heavy atom. The number of nitrogens with one attached hydrogen (secondary N) is 1. The molecule has 1 rings (SSSR count). The van der Waals surface area contributed by atoms with Gasteiger partial charge >= 0.3 is 0 Å². The molecule has 0 aliphatic rings. The highest BCUT2D eigenvalue weighted by Gasteiger charge is 2.07. The van der Waals surface area contributed by atoms with E-state index in [-0.39, 0.29) is 0 Å². The van der Waals surface area contributed by atoms with Gasteiger partial charge in [0, 0.05) is 20.7 Å². The van der Waals surface area contributed by atoms with E-state index in [1.54, 1.807) is 7.11 Å². The molecule has 0 saturated heterocycles. The SMILES string of the molecule is COCCN(C)c1nn[nH]c1S. The molecule has 0 saturated carbocycles. The molecule has 0 fully saturated rings. The zero-order valence-electron chi connectivity index (χ0n) is 7.11. The van der Waals surface area contributed by atoms with Crippen molar-refractivity contribution in [1.29, 1.82) is 0 Å². The zero-order chi connectivity index (χ0) is 8.97. The summed E-state index contributed by atoms with van der Waals surface area (Å²) < 4.78 is 4.93. The fraction of sp³-hybridized carbons (Fsp3) is 0.667. The lowest BCUT2D eigenvalue weighted by atomic mass is 10.5. The molecule has 5 nitrogen and oxygen atoms in total. The molecule has 0 aromatic carbocycles. The number of anilines is 1. The summed E-state index contributed by atoms with van der Waals surface area (Å²) in [6.07, 6.45) is 0. The van der Waals surface area contributed by atoms with Crippen LogP contribution in [0.1, 0.15) is 0 Å². The Balaban J connectivity index is 2.52. The second-order valence-electron chi connectivity index (χ2n) is 2.40. The van der Waals surface area contributed by atoms with Crippen molar-refractivity contribution < 1.29 is 4.74 Å². The number of aromatic amines is 1. The monoisotopic (exact) mass is 188 g/mol. The van der Waals surface area contributed by atoms with Gasteiger partial charge in [-0.05, 0) is 0 Å². The molecule has 0 radical (unpaired) electrons. The van der Waals surface area contributed by atoms with Crippen LogP contribution in [0.2, 0.25) is 0 Å². The minimum absolute atomic E-state index is 0.663.